The van der Waals surface area contributed by atoms with E-state index < -0.39 is 35.6 Å². The Labute approximate surface area is 195 Å². The van der Waals surface area contributed by atoms with E-state index in [4.69, 9.17) is 14.2 Å². The molecule has 0 aliphatic heterocycles. The van der Waals surface area contributed by atoms with Crippen molar-refractivity contribution in [1.82, 2.24) is 10.2 Å². The lowest BCUT2D eigenvalue weighted by atomic mass is 10.1. The van der Waals surface area contributed by atoms with E-state index in [-0.39, 0.29) is 26.2 Å². The first-order valence-electron chi connectivity index (χ1n) is 11.2. The second-order valence-electron chi connectivity index (χ2n) is 8.47. The monoisotopic (exact) mass is 464 g/mol. The lowest BCUT2D eigenvalue weighted by Crippen LogP contribution is -2.48. The summed E-state index contributed by atoms with van der Waals surface area (Å²) in [5.41, 5.74) is -0.0429. The number of carbonyl (C=O) groups is 4. The number of alkyl carbamates (subject to hydrolysis) is 1. The van der Waals surface area contributed by atoms with Crippen molar-refractivity contribution in [2.45, 2.75) is 72.1 Å². The van der Waals surface area contributed by atoms with E-state index >= 15 is 0 Å². The molecule has 0 aliphatic rings. The smallest absolute Gasteiger partial charge is 0.408 e. The molecule has 2 amide bonds. The molecule has 33 heavy (non-hydrogen) atoms. The van der Waals surface area contributed by atoms with E-state index in [1.807, 2.05) is 25.1 Å². The van der Waals surface area contributed by atoms with Crippen molar-refractivity contribution in [1.29, 1.82) is 0 Å². The third-order valence-corrected chi connectivity index (χ3v) is 4.33. The van der Waals surface area contributed by atoms with E-state index in [1.54, 1.807) is 39.8 Å². The van der Waals surface area contributed by atoms with Crippen LogP contribution in [0.2, 0.25) is 0 Å². The van der Waals surface area contributed by atoms with Crippen molar-refractivity contribution in [2.24, 2.45) is 0 Å². The zero-order chi connectivity index (χ0) is 24.9. The molecule has 0 aliphatic carbocycles. The molecule has 9 heteroatoms. The molecule has 1 rings (SSSR count). The first-order valence-corrected chi connectivity index (χ1v) is 11.2. The van der Waals surface area contributed by atoms with Crippen molar-refractivity contribution >= 4 is 23.9 Å². The van der Waals surface area contributed by atoms with Crippen LogP contribution in [0.4, 0.5) is 4.79 Å². The molecule has 0 bridgehead atoms. The summed E-state index contributed by atoms with van der Waals surface area (Å²) < 4.78 is 15.5. The van der Waals surface area contributed by atoms with Crippen LogP contribution in [-0.2, 0) is 35.2 Å². The van der Waals surface area contributed by atoms with Gasteiger partial charge in [-0.15, -0.1) is 0 Å². The second-order valence-corrected chi connectivity index (χ2v) is 8.47. The fourth-order valence-corrected chi connectivity index (χ4v) is 2.78. The van der Waals surface area contributed by atoms with Gasteiger partial charge in [0.25, 0.3) is 0 Å². The van der Waals surface area contributed by atoms with Gasteiger partial charge in [0.05, 0.1) is 13.0 Å². The number of nitrogens with zero attached hydrogens (tertiary/aromatic N) is 1. The van der Waals surface area contributed by atoms with Crippen LogP contribution in [0.3, 0.4) is 0 Å². The Bertz CT molecular complexity index is 775. The third-order valence-electron chi connectivity index (χ3n) is 4.33. The van der Waals surface area contributed by atoms with Gasteiger partial charge in [-0.2, -0.15) is 0 Å². The van der Waals surface area contributed by atoms with Gasteiger partial charge < -0.3 is 24.4 Å². The number of rotatable bonds is 12. The fraction of sp³-hybridized carbons (Fsp3) is 0.583. The Balaban J connectivity index is 2.89. The molecule has 0 radical (unpaired) electrons. The zero-order valence-electron chi connectivity index (χ0n) is 20.2. The molecule has 0 aromatic heterocycles. The average Bonchev–Trinajstić information content (AvgIpc) is 2.74. The van der Waals surface area contributed by atoms with Crippen LogP contribution in [0.5, 0.6) is 0 Å². The van der Waals surface area contributed by atoms with Crippen LogP contribution < -0.4 is 5.32 Å². The Morgan fingerprint density at radius 3 is 2.27 bits per heavy atom. The van der Waals surface area contributed by atoms with E-state index in [0.29, 0.717) is 13.0 Å². The minimum absolute atomic E-state index is 0.00708. The van der Waals surface area contributed by atoms with Gasteiger partial charge in [0.2, 0.25) is 5.91 Å². The summed E-state index contributed by atoms with van der Waals surface area (Å²) in [6.07, 6.45) is 0.257. The molecular weight excluding hydrogens is 428 g/mol. The molecule has 0 saturated heterocycles. The summed E-state index contributed by atoms with van der Waals surface area (Å²) in [7, 11) is 0. The molecule has 1 atom stereocenters. The molecule has 0 fully saturated rings. The summed E-state index contributed by atoms with van der Waals surface area (Å²) in [5.74, 6) is -1.78. The highest BCUT2D eigenvalue weighted by Gasteiger charge is 2.31. The minimum Gasteiger partial charge on any atom is -0.465 e. The molecule has 1 aromatic carbocycles. The quantitative estimate of drug-likeness (QED) is 0.373. The summed E-state index contributed by atoms with van der Waals surface area (Å²) in [6.45, 7) is 9.00. The number of ether oxygens (including phenoxy) is 3. The van der Waals surface area contributed by atoms with Gasteiger partial charge in [-0.05, 0) is 39.7 Å². The van der Waals surface area contributed by atoms with Crippen molar-refractivity contribution in [3.05, 3.63) is 35.9 Å². The zero-order valence-corrected chi connectivity index (χ0v) is 20.2. The number of esters is 2. The number of amides is 2. The molecule has 184 valence electrons. The average molecular weight is 465 g/mol. The minimum atomic E-state index is -1.27. The Kier molecular flexibility index (Phi) is 12.0. The number of benzene rings is 1. The van der Waals surface area contributed by atoms with Crippen molar-refractivity contribution in [3.8, 4) is 0 Å². The first kappa shape index (κ1) is 27.9. The van der Waals surface area contributed by atoms with Gasteiger partial charge in [0, 0.05) is 6.54 Å². The number of unbranched alkanes of at least 4 members (excludes halogenated alkanes) is 1. The predicted octanol–water partition coefficient (Wildman–Crippen LogP) is 3.21. The molecule has 1 N–H and O–H groups in total. The molecule has 9 nitrogen and oxygen atoms in total. The molecule has 1 aromatic rings. The Morgan fingerprint density at radius 2 is 1.70 bits per heavy atom. The summed E-state index contributed by atoms with van der Waals surface area (Å²) in [4.78, 5) is 51.3. The van der Waals surface area contributed by atoms with E-state index in [1.165, 1.54) is 4.90 Å². The Morgan fingerprint density at radius 1 is 1.03 bits per heavy atom. The predicted molar refractivity (Wildman–Crippen MR) is 122 cm³/mol. The number of nitrogens with one attached hydrogen (secondary N) is 1. The third kappa shape index (κ3) is 11.9. The van der Waals surface area contributed by atoms with Gasteiger partial charge in [-0.1, -0.05) is 43.7 Å². The van der Waals surface area contributed by atoms with Gasteiger partial charge in [-0.3, -0.25) is 9.59 Å². The van der Waals surface area contributed by atoms with E-state index in [2.05, 4.69) is 5.32 Å². The maximum Gasteiger partial charge on any atom is 0.408 e. The summed E-state index contributed by atoms with van der Waals surface area (Å²) in [5, 5.41) is 2.43. The SMILES string of the molecule is CCCCN(CC(=O)OCC)C(=O)C[C@H](NC(=O)OCc1ccccc1)C(=O)OC(C)(C)C. The van der Waals surface area contributed by atoms with Gasteiger partial charge in [0.15, 0.2) is 0 Å². The lowest BCUT2D eigenvalue weighted by Gasteiger charge is -2.26. The van der Waals surface area contributed by atoms with Crippen molar-refractivity contribution in [3.63, 3.8) is 0 Å². The highest BCUT2D eigenvalue weighted by atomic mass is 16.6. The summed E-state index contributed by atoms with van der Waals surface area (Å²) >= 11 is 0. The first-order chi connectivity index (χ1) is 15.6. The lowest BCUT2D eigenvalue weighted by molar-refractivity contribution is -0.159. The standard InChI is InChI=1S/C24H36N2O7/c1-6-8-14-26(16-21(28)31-7-2)20(27)15-19(22(29)33-24(3,4)5)25-23(30)32-17-18-12-10-9-11-13-18/h9-13,19H,6-8,14-17H2,1-5H3,(H,25,30)/t19-/m0/s1. The maximum atomic E-state index is 12.9. The second kappa shape index (κ2) is 14.1. The Hall–Kier alpha value is -3.10. The summed E-state index contributed by atoms with van der Waals surface area (Å²) in [6, 6.07) is 7.78. The number of carbonyl (C=O) groups excluding carboxylic acids is 4. The molecule has 0 heterocycles. The van der Waals surface area contributed by atoms with Gasteiger partial charge in [-0.25, -0.2) is 9.59 Å². The van der Waals surface area contributed by atoms with Crippen LogP contribution >= 0.6 is 0 Å². The number of hydrogen-bond donors (Lipinski definition) is 1. The van der Waals surface area contributed by atoms with Crippen LogP contribution in [0, 0.1) is 0 Å². The topological polar surface area (TPSA) is 111 Å². The maximum absolute atomic E-state index is 12.9. The largest absolute Gasteiger partial charge is 0.465 e. The fourth-order valence-electron chi connectivity index (χ4n) is 2.78. The normalized spacial score (nSPS) is 11.8. The molecular formula is C24H36N2O7. The highest BCUT2D eigenvalue weighted by Crippen LogP contribution is 2.12. The van der Waals surface area contributed by atoms with E-state index in [0.717, 1.165) is 12.0 Å². The van der Waals surface area contributed by atoms with Gasteiger partial charge in [0.1, 0.15) is 24.8 Å². The van der Waals surface area contributed by atoms with Crippen LogP contribution in [-0.4, -0.2) is 60.2 Å². The van der Waals surface area contributed by atoms with Gasteiger partial charge >= 0.3 is 18.0 Å². The van der Waals surface area contributed by atoms with Crippen LogP contribution in [0.15, 0.2) is 30.3 Å². The molecule has 0 spiro atoms. The molecule has 0 saturated carbocycles. The molecule has 0 unspecified atom stereocenters. The number of hydrogen-bond acceptors (Lipinski definition) is 7. The van der Waals surface area contributed by atoms with Crippen LogP contribution in [0.1, 0.15) is 59.4 Å². The van der Waals surface area contributed by atoms with E-state index in [9.17, 15) is 19.2 Å². The van der Waals surface area contributed by atoms with Crippen molar-refractivity contribution in [2.75, 3.05) is 19.7 Å². The van der Waals surface area contributed by atoms with Crippen LogP contribution in [0.25, 0.3) is 0 Å². The highest BCUT2D eigenvalue weighted by molar-refractivity contribution is 5.89. The van der Waals surface area contributed by atoms with Crippen molar-refractivity contribution < 1.29 is 33.4 Å².